The van der Waals surface area contributed by atoms with Crippen LogP contribution in [0.2, 0.25) is 0 Å². The Morgan fingerprint density at radius 3 is 2.60 bits per heavy atom. The zero-order chi connectivity index (χ0) is 13.5. The molecular weight excluding hydrogens is 242 g/mol. The third kappa shape index (κ3) is 1.90. The fraction of sp³-hybridized carbons (Fsp3) is 0.579. The van der Waals surface area contributed by atoms with Crippen molar-refractivity contribution in [1.82, 2.24) is 4.57 Å². The summed E-state index contributed by atoms with van der Waals surface area (Å²) in [4.78, 5) is 0. The highest BCUT2D eigenvalue weighted by Gasteiger charge is 2.30. The molecule has 20 heavy (non-hydrogen) atoms. The van der Waals surface area contributed by atoms with Crippen molar-refractivity contribution in [2.75, 3.05) is 0 Å². The van der Waals surface area contributed by atoms with Gasteiger partial charge in [0.15, 0.2) is 0 Å². The first-order valence-electron chi connectivity index (χ1n) is 8.40. The van der Waals surface area contributed by atoms with E-state index in [1.807, 2.05) is 0 Å². The van der Waals surface area contributed by atoms with Gasteiger partial charge in [-0.2, -0.15) is 0 Å². The Labute approximate surface area is 122 Å². The standard InChI is InChI=1S/C19H25N/c1-20-18-10-6-5-9-16(18)17-13-15(11-12-19(17)20)14-7-3-2-4-8-14/h5-6,9-10,14-15H,2-4,7-8,11-13H2,1H3/t15-/m1/s1. The normalized spacial score (nSPS) is 23.9. The van der Waals surface area contributed by atoms with Crippen LogP contribution in [0.1, 0.15) is 49.8 Å². The predicted molar refractivity (Wildman–Crippen MR) is 85.0 cm³/mol. The highest BCUT2D eigenvalue weighted by molar-refractivity contribution is 5.85. The van der Waals surface area contributed by atoms with E-state index in [4.69, 9.17) is 0 Å². The predicted octanol–water partition coefficient (Wildman–Crippen LogP) is 4.86. The van der Waals surface area contributed by atoms with Crippen molar-refractivity contribution in [3.8, 4) is 0 Å². The van der Waals surface area contributed by atoms with E-state index < -0.39 is 0 Å². The lowest BCUT2D eigenvalue weighted by atomic mass is 9.72. The summed E-state index contributed by atoms with van der Waals surface area (Å²) in [6.07, 6.45) is 11.5. The van der Waals surface area contributed by atoms with Gasteiger partial charge >= 0.3 is 0 Å². The molecule has 1 aromatic heterocycles. The fourth-order valence-electron chi connectivity index (χ4n) is 4.77. The molecule has 0 N–H and O–H groups in total. The second-order valence-corrected chi connectivity index (χ2v) is 6.90. The van der Waals surface area contributed by atoms with Crippen LogP contribution in [-0.2, 0) is 19.9 Å². The molecule has 1 saturated carbocycles. The van der Waals surface area contributed by atoms with Gasteiger partial charge in [0.05, 0.1) is 0 Å². The summed E-state index contributed by atoms with van der Waals surface area (Å²) in [6, 6.07) is 8.99. The van der Waals surface area contributed by atoms with E-state index in [1.54, 1.807) is 11.3 Å². The largest absolute Gasteiger partial charge is 0.347 e. The van der Waals surface area contributed by atoms with Crippen LogP contribution in [0.5, 0.6) is 0 Å². The fourth-order valence-corrected chi connectivity index (χ4v) is 4.77. The van der Waals surface area contributed by atoms with Gasteiger partial charge in [-0.3, -0.25) is 0 Å². The second kappa shape index (κ2) is 4.95. The third-order valence-corrected chi connectivity index (χ3v) is 5.88. The summed E-state index contributed by atoms with van der Waals surface area (Å²) in [5.74, 6) is 1.96. The third-order valence-electron chi connectivity index (χ3n) is 5.88. The molecule has 0 unspecified atom stereocenters. The highest BCUT2D eigenvalue weighted by atomic mass is 15.0. The Morgan fingerprint density at radius 2 is 1.75 bits per heavy atom. The molecule has 1 nitrogen and oxygen atoms in total. The zero-order valence-electron chi connectivity index (χ0n) is 12.6. The van der Waals surface area contributed by atoms with Crippen molar-refractivity contribution in [2.45, 2.75) is 51.4 Å². The van der Waals surface area contributed by atoms with Gasteiger partial charge in [0.2, 0.25) is 0 Å². The maximum Gasteiger partial charge on any atom is 0.0482 e. The van der Waals surface area contributed by atoms with Crippen LogP contribution in [-0.4, -0.2) is 4.57 Å². The van der Waals surface area contributed by atoms with E-state index in [-0.39, 0.29) is 0 Å². The SMILES string of the molecule is Cn1c2c(c3ccccc31)C[C@H](C1CCCCC1)CC2. The number of para-hydroxylation sites is 1. The molecule has 0 radical (unpaired) electrons. The number of benzene rings is 1. The summed E-state index contributed by atoms with van der Waals surface area (Å²) >= 11 is 0. The highest BCUT2D eigenvalue weighted by Crippen LogP contribution is 2.40. The van der Waals surface area contributed by atoms with Crippen LogP contribution in [0, 0.1) is 11.8 Å². The number of rotatable bonds is 1. The van der Waals surface area contributed by atoms with Crippen LogP contribution < -0.4 is 0 Å². The van der Waals surface area contributed by atoms with Crippen molar-refractivity contribution >= 4 is 10.9 Å². The minimum Gasteiger partial charge on any atom is -0.347 e. The molecular formula is C19H25N. The molecule has 0 bridgehead atoms. The summed E-state index contributed by atoms with van der Waals surface area (Å²) < 4.78 is 2.45. The van der Waals surface area contributed by atoms with Crippen LogP contribution in [0.3, 0.4) is 0 Å². The van der Waals surface area contributed by atoms with E-state index in [9.17, 15) is 0 Å². The molecule has 1 heterocycles. The lowest BCUT2D eigenvalue weighted by Gasteiger charge is -2.33. The van der Waals surface area contributed by atoms with Crippen molar-refractivity contribution in [2.24, 2.45) is 18.9 Å². The maximum absolute atomic E-state index is 2.45. The van der Waals surface area contributed by atoms with E-state index in [1.165, 1.54) is 62.3 Å². The van der Waals surface area contributed by atoms with Gasteiger partial charge in [-0.05, 0) is 42.7 Å². The first kappa shape index (κ1) is 12.5. The zero-order valence-corrected chi connectivity index (χ0v) is 12.6. The molecule has 0 spiro atoms. The molecule has 1 fully saturated rings. The van der Waals surface area contributed by atoms with E-state index in [2.05, 4.69) is 35.9 Å². The van der Waals surface area contributed by atoms with Gasteiger partial charge in [-0.25, -0.2) is 0 Å². The molecule has 2 aliphatic rings. The Kier molecular flexibility index (Phi) is 3.09. The van der Waals surface area contributed by atoms with E-state index >= 15 is 0 Å². The molecule has 0 saturated heterocycles. The minimum atomic E-state index is 0.952. The van der Waals surface area contributed by atoms with Gasteiger partial charge in [-0.1, -0.05) is 50.3 Å². The molecule has 1 aromatic carbocycles. The van der Waals surface area contributed by atoms with Crippen molar-refractivity contribution in [3.63, 3.8) is 0 Å². The number of nitrogens with zero attached hydrogens (tertiary/aromatic N) is 1. The smallest absolute Gasteiger partial charge is 0.0482 e. The van der Waals surface area contributed by atoms with Crippen molar-refractivity contribution in [3.05, 3.63) is 35.5 Å². The molecule has 1 heteroatoms. The number of hydrogen-bond donors (Lipinski definition) is 0. The Balaban J connectivity index is 1.69. The van der Waals surface area contributed by atoms with Gasteiger partial charge in [0.25, 0.3) is 0 Å². The molecule has 0 amide bonds. The number of aryl methyl sites for hydroxylation is 1. The molecule has 4 rings (SSSR count). The Bertz CT molecular complexity index is 616. The number of aromatic nitrogens is 1. The van der Waals surface area contributed by atoms with Crippen molar-refractivity contribution in [1.29, 1.82) is 0 Å². The summed E-state index contributed by atoms with van der Waals surface area (Å²) in [5.41, 5.74) is 4.71. The van der Waals surface area contributed by atoms with Gasteiger partial charge in [0, 0.05) is 23.6 Å². The first-order valence-corrected chi connectivity index (χ1v) is 8.40. The van der Waals surface area contributed by atoms with Gasteiger partial charge < -0.3 is 4.57 Å². The summed E-state index contributed by atoms with van der Waals surface area (Å²) in [6.45, 7) is 0. The second-order valence-electron chi connectivity index (χ2n) is 6.90. The number of fused-ring (bicyclic) bond motifs is 3. The van der Waals surface area contributed by atoms with Crippen LogP contribution >= 0.6 is 0 Å². The molecule has 0 aliphatic heterocycles. The Morgan fingerprint density at radius 1 is 0.950 bits per heavy atom. The molecule has 2 aliphatic carbocycles. The average Bonchev–Trinajstić information content (AvgIpc) is 2.81. The maximum atomic E-state index is 2.45. The monoisotopic (exact) mass is 267 g/mol. The molecule has 2 aromatic rings. The average molecular weight is 267 g/mol. The van der Waals surface area contributed by atoms with Crippen LogP contribution in [0.4, 0.5) is 0 Å². The Hall–Kier alpha value is -1.24. The topological polar surface area (TPSA) is 4.93 Å². The van der Waals surface area contributed by atoms with Crippen LogP contribution in [0.25, 0.3) is 10.9 Å². The number of hydrogen-bond acceptors (Lipinski definition) is 0. The van der Waals surface area contributed by atoms with Crippen LogP contribution in [0.15, 0.2) is 24.3 Å². The van der Waals surface area contributed by atoms with Gasteiger partial charge in [-0.15, -0.1) is 0 Å². The van der Waals surface area contributed by atoms with Crippen molar-refractivity contribution < 1.29 is 0 Å². The minimum absolute atomic E-state index is 0.952. The van der Waals surface area contributed by atoms with E-state index in [0.29, 0.717) is 0 Å². The quantitative estimate of drug-likeness (QED) is 0.695. The lowest BCUT2D eigenvalue weighted by Crippen LogP contribution is -2.24. The lowest BCUT2D eigenvalue weighted by molar-refractivity contribution is 0.227. The first-order chi connectivity index (χ1) is 9.84. The van der Waals surface area contributed by atoms with Gasteiger partial charge in [0.1, 0.15) is 0 Å². The van der Waals surface area contributed by atoms with E-state index in [0.717, 1.165) is 11.8 Å². The molecule has 106 valence electrons. The molecule has 1 atom stereocenters. The summed E-state index contributed by atoms with van der Waals surface area (Å²) in [7, 11) is 2.25. The summed E-state index contributed by atoms with van der Waals surface area (Å²) in [5, 5.41) is 1.52.